The molecule has 1 aliphatic heterocycles. The van der Waals surface area contributed by atoms with Gasteiger partial charge in [-0.05, 0) is 0 Å². The smallest absolute Gasteiger partial charge is 0.338 e. The Kier molecular flexibility index (Phi) is 2.63. The van der Waals surface area contributed by atoms with Gasteiger partial charge in [-0.15, -0.1) is 0 Å². The van der Waals surface area contributed by atoms with Gasteiger partial charge in [0.15, 0.2) is 12.2 Å². The Morgan fingerprint density at radius 3 is 2.42 bits per heavy atom. The molecular formula is C6H10O6. The monoisotopic (exact) mass is 178 g/mol. The molecule has 0 amide bonds. The average Bonchev–Trinajstić information content (AvgIpc) is 2.32. The quantitative estimate of drug-likeness (QED) is 0.335. The first-order valence-electron chi connectivity index (χ1n) is 3.43. The molecule has 0 aliphatic carbocycles. The first kappa shape index (κ1) is 9.40. The van der Waals surface area contributed by atoms with Crippen LogP contribution in [0.3, 0.4) is 0 Å². The summed E-state index contributed by atoms with van der Waals surface area (Å²) in [6, 6.07) is 0. The first-order chi connectivity index (χ1) is 5.57. The van der Waals surface area contributed by atoms with Gasteiger partial charge >= 0.3 is 5.97 Å². The lowest BCUT2D eigenvalue weighted by atomic mass is 10.1. The molecule has 0 aromatic carbocycles. The van der Waals surface area contributed by atoms with Gasteiger partial charge in [-0.1, -0.05) is 0 Å². The Labute approximate surface area is 68.0 Å². The standard InChI is InChI=1S/C6H10O6/c7-1-2(8)5-3(9)4(10)6(11)12-5/h2-5,7-10H,1H2/t2?,3?,4-,5-/m0/s1. The molecule has 12 heavy (non-hydrogen) atoms. The maximum absolute atomic E-state index is 10.6. The second kappa shape index (κ2) is 3.36. The van der Waals surface area contributed by atoms with E-state index in [-0.39, 0.29) is 0 Å². The maximum Gasteiger partial charge on any atom is 0.338 e. The van der Waals surface area contributed by atoms with Crippen LogP contribution in [0.5, 0.6) is 0 Å². The van der Waals surface area contributed by atoms with Crippen LogP contribution in [-0.4, -0.2) is 57.4 Å². The summed E-state index contributed by atoms with van der Waals surface area (Å²) in [7, 11) is 0. The maximum atomic E-state index is 10.6. The molecule has 2 unspecified atom stereocenters. The number of hydrogen-bond acceptors (Lipinski definition) is 6. The number of hydrogen-bond donors (Lipinski definition) is 4. The Balaban J connectivity index is 2.64. The summed E-state index contributed by atoms with van der Waals surface area (Å²) in [4.78, 5) is 10.6. The van der Waals surface area contributed by atoms with Gasteiger partial charge in [0.05, 0.1) is 6.61 Å². The van der Waals surface area contributed by atoms with E-state index >= 15 is 0 Å². The van der Waals surface area contributed by atoms with E-state index in [4.69, 9.17) is 20.4 Å². The van der Waals surface area contributed by atoms with E-state index in [1.165, 1.54) is 0 Å². The highest BCUT2D eigenvalue weighted by atomic mass is 16.6. The summed E-state index contributed by atoms with van der Waals surface area (Å²) in [5, 5.41) is 35.3. The van der Waals surface area contributed by atoms with E-state index < -0.39 is 37.0 Å². The van der Waals surface area contributed by atoms with E-state index in [1.54, 1.807) is 0 Å². The van der Waals surface area contributed by atoms with Crippen molar-refractivity contribution in [3.8, 4) is 0 Å². The second-order valence-corrected chi connectivity index (χ2v) is 2.59. The zero-order chi connectivity index (χ0) is 9.30. The lowest BCUT2D eigenvalue weighted by Crippen LogP contribution is -2.40. The first-order valence-corrected chi connectivity index (χ1v) is 3.43. The molecule has 1 heterocycles. The lowest BCUT2D eigenvalue weighted by Gasteiger charge is -2.17. The molecule has 0 saturated carbocycles. The summed E-state index contributed by atoms with van der Waals surface area (Å²) < 4.78 is 4.39. The number of carbonyl (C=O) groups is 1. The van der Waals surface area contributed by atoms with Crippen molar-refractivity contribution in [2.45, 2.75) is 24.4 Å². The van der Waals surface area contributed by atoms with Crippen molar-refractivity contribution in [3.63, 3.8) is 0 Å². The summed E-state index contributed by atoms with van der Waals surface area (Å²) in [6.45, 7) is -0.637. The minimum atomic E-state index is -1.63. The molecule has 70 valence electrons. The van der Waals surface area contributed by atoms with Crippen LogP contribution in [0, 0.1) is 0 Å². The molecule has 4 atom stereocenters. The summed E-state index contributed by atoms with van der Waals surface area (Å²) in [5.41, 5.74) is 0. The molecule has 0 aromatic heterocycles. The Hall–Kier alpha value is -0.690. The van der Waals surface area contributed by atoms with Crippen LogP contribution in [0.25, 0.3) is 0 Å². The van der Waals surface area contributed by atoms with E-state index in [2.05, 4.69) is 4.74 Å². The van der Waals surface area contributed by atoms with E-state index in [9.17, 15) is 4.79 Å². The van der Waals surface area contributed by atoms with Gasteiger partial charge in [-0.3, -0.25) is 0 Å². The van der Waals surface area contributed by atoms with Gasteiger partial charge in [-0.25, -0.2) is 4.79 Å². The van der Waals surface area contributed by atoms with Crippen LogP contribution in [0.4, 0.5) is 0 Å². The fourth-order valence-electron chi connectivity index (χ4n) is 1.00. The Morgan fingerprint density at radius 2 is 2.08 bits per heavy atom. The van der Waals surface area contributed by atoms with Crippen molar-refractivity contribution in [1.82, 2.24) is 0 Å². The van der Waals surface area contributed by atoms with Gasteiger partial charge in [0.25, 0.3) is 0 Å². The molecule has 1 saturated heterocycles. The molecule has 6 nitrogen and oxygen atoms in total. The van der Waals surface area contributed by atoms with Gasteiger partial charge < -0.3 is 25.2 Å². The second-order valence-electron chi connectivity index (χ2n) is 2.59. The van der Waals surface area contributed by atoms with Crippen molar-refractivity contribution in [1.29, 1.82) is 0 Å². The van der Waals surface area contributed by atoms with E-state index in [0.29, 0.717) is 0 Å². The normalized spacial score (nSPS) is 38.0. The van der Waals surface area contributed by atoms with E-state index in [0.717, 1.165) is 0 Å². The van der Waals surface area contributed by atoms with Crippen LogP contribution in [0.1, 0.15) is 0 Å². The van der Waals surface area contributed by atoms with Crippen LogP contribution in [0.2, 0.25) is 0 Å². The highest BCUT2D eigenvalue weighted by Crippen LogP contribution is 2.18. The fraction of sp³-hybridized carbons (Fsp3) is 0.833. The Morgan fingerprint density at radius 1 is 1.50 bits per heavy atom. The zero-order valence-electron chi connectivity index (χ0n) is 6.12. The van der Waals surface area contributed by atoms with Crippen LogP contribution in [-0.2, 0) is 9.53 Å². The number of cyclic esters (lactones) is 1. The summed E-state index contributed by atoms with van der Waals surface area (Å²) in [5.74, 6) is -0.986. The minimum Gasteiger partial charge on any atom is -0.455 e. The fourth-order valence-corrected chi connectivity index (χ4v) is 1.00. The average molecular weight is 178 g/mol. The van der Waals surface area contributed by atoms with Crippen molar-refractivity contribution in [2.24, 2.45) is 0 Å². The van der Waals surface area contributed by atoms with E-state index in [1.807, 2.05) is 0 Å². The van der Waals surface area contributed by atoms with Gasteiger partial charge in [0, 0.05) is 0 Å². The largest absolute Gasteiger partial charge is 0.455 e. The molecule has 0 bridgehead atoms. The molecule has 1 fully saturated rings. The third-order valence-corrected chi connectivity index (χ3v) is 1.72. The molecular weight excluding hydrogens is 168 g/mol. The molecule has 0 radical (unpaired) electrons. The number of ether oxygens (including phenoxy) is 1. The summed E-state index contributed by atoms with van der Waals surface area (Å²) >= 11 is 0. The minimum absolute atomic E-state index is 0.637. The third-order valence-electron chi connectivity index (χ3n) is 1.72. The van der Waals surface area contributed by atoms with Gasteiger partial charge in [0.2, 0.25) is 0 Å². The van der Waals surface area contributed by atoms with Crippen LogP contribution >= 0.6 is 0 Å². The number of esters is 1. The number of rotatable bonds is 2. The van der Waals surface area contributed by atoms with Crippen LogP contribution in [0.15, 0.2) is 0 Å². The van der Waals surface area contributed by atoms with Crippen molar-refractivity contribution in [2.75, 3.05) is 6.61 Å². The summed E-state index contributed by atoms with van der Waals surface area (Å²) in [6.07, 6.45) is -5.70. The van der Waals surface area contributed by atoms with Gasteiger partial charge in [0.1, 0.15) is 12.2 Å². The predicted molar refractivity (Wildman–Crippen MR) is 35.0 cm³/mol. The lowest BCUT2D eigenvalue weighted by molar-refractivity contribution is -0.151. The molecule has 4 N–H and O–H groups in total. The molecule has 6 heteroatoms. The number of carbonyl (C=O) groups excluding carboxylic acids is 1. The topological polar surface area (TPSA) is 107 Å². The number of aliphatic hydroxyl groups is 4. The third kappa shape index (κ3) is 1.42. The zero-order valence-corrected chi connectivity index (χ0v) is 6.12. The van der Waals surface area contributed by atoms with Crippen molar-refractivity contribution < 1.29 is 30.0 Å². The molecule has 1 rings (SSSR count). The van der Waals surface area contributed by atoms with Crippen LogP contribution < -0.4 is 0 Å². The van der Waals surface area contributed by atoms with Crippen molar-refractivity contribution >= 4 is 5.97 Å². The SMILES string of the molecule is O=C1O[C@@H](C(O)CO)C(O)[C@@H]1O. The highest BCUT2D eigenvalue weighted by Gasteiger charge is 2.45. The molecule has 0 aromatic rings. The molecule has 0 spiro atoms. The predicted octanol–water partition coefficient (Wildman–Crippen LogP) is -3.01. The number of aliphatic hydroxyl groups excluding tert-OH is 4. The van der Waals surface area contributed by atoms with Crippen molar-refractivity contribution in [3.05, 3.63) is 0 Å². The molecule has 1 aliphatic rings. The van der Waals surface area contributed by atoms with Gasteiger partial charge in [-0.2, -0.15) is 0 Å². The highest BCUT2D eigenvalue weighted by molar-refractivity contribution is 5.77. The Bertz CT molecular complexity index is 181.